The minimum absolute atomic E-state index is 0.0402. The molecule has 2 aromatic rings. The standard InChI is InChI=1S/C15H17N3O2S2/c1-12-17-14(11-21-12)10-18(2)7-8-22(19,20)15-5-3-13(9-16)4-6-15/h3-6,11H,7-8,10H2,1-2H3. The summed E-state index contributed by atoms with van der Waals surface area (Å²) in [5, 5.41) is 11.7. The summed E-state index contributed by atoms with van der Waals surface area (Å²) in [5.41, 5.74) is 1.41. The van der Waals surface area contributed by atoms with Gasteiger partial charge in [0.15, 0.2) is 9.84 Å². The number of rotatable bonds is 6. The van der Waals surface area contributed by atoms with Crippen LogP contribution in [-0.2, 0) is 16.4 Å². The molecule has 2 rings (SSSR count). The van der Waals surface area contributed by atoms with Crippen molar-refractivity contribution >= 4 is 21.2 Å². The van der Waals surface area contributed by atoms with Gasteiger partial charge in [0.05, 0.1) is 33.0 Å². The highest BCUT2D eigenvalue weighted by Crippen LogP contribution is 2.13. The fraction of sp³-hybridized carbons (Fsp3) is 0.333. The van der Waals surface area contributed by atoms with E-state index in [1.807, 2.05) is 30.3 Å². The first-order valence-corrected chi connectivity index (χ1v) is 9.26. The van der Waals surface area contributed by atoms with Gasteiger partial charge >= 0.3 is 0 Å². The van der Waals surface area contributed by atoms with Crippen molar-refractivity contribution in [2.75, 3.05) is 19.3 Å². The smallest absolute Gasteiger partial charge is 0.179 e. The summed E-state index contributed by atoms with van der Waals surface area (Å²) >= 11 is 1.59. The van der Waals surface area contributed by atoms with Gasteiger partial charge in [0.1, 0.15) is 0 Å². The van der Waals surface area contributed by atoms with E-state index < -0.39 is 9.84 Å². The van der Waals surface area contributed by atoms with E-state index in [-0.39, 0.29) is 10.6 Å². The number of hydrogen-bond donors (Lipinski definition) is 0. The summed E-state index contributed by atoms with van der Waals surface area (Å²) in [5.74, 6) is 0.0402. The van der Waals surface area contributed by atoms with E-state index in [0.29, 0.717) is 18.7 Å². The van der Waals surface area contributed by atoms with E-state index in [4.69, 9.17) is 5.26 Å². The molecular formula is C15H17N3O2S2. The normalized spacial score (nSPS) is 11.5. The van der Waals surface area contributed by atoms with Crippen molar-refractivity contribution in [2.24, 2.45) is 0 Å². The van der Waals surface area contributed by atoms with Crippen LogP contribution in [0.25, 0.3) is 0 Å². The first-order valence-electron chi connectivity index (χ1n) is 6.73. The van der Waals surface area contributed by atoms with Crippen molar-refractivity contribution in [1.29, 1.82) is 5.26 Å². The Morgan fingerprint density at radius 3 is 2.55 bits per heavy atom. The molecule has 0 N–H and O–H groups in total. The first kappa shape index (κ1) is 16.6. The van der Waals surface area contributed by atoms with Crippen LogP contribution in [0.2, 0.25) is 0 Å². The average molecular weight is 335 g/mol. The predicted octanol–water partition coefficient (Wildman–Crippen LogP) is 2.23. The highest BCUT2D eigenvalue weighted by molar-refractivity contribution is 7.91. The number of sulfone groups is 1. The molecule has 0 fully saturated rings. The van der Waals surface area contributed by atoms with Crippen LogP contribution < -0.4 is 0 Å². The molecule has 0 aliphatic heterocycles. The summed E-state index contributed by atoms with van der Waals surface area (Å²) < 4.78 is 24.5. The molecule has 0 unspecified atom stereocenters. The highest BCUT2D eigenvalue weighted by atomic mass is 32.2. The summed E-state index contributed by atoms with van der Waals surface area (Å²) in [6, 6.07) is 7.99. The third-order valence-corrected chi connectivity index (χ3v) is 5.72. The van der Waals surface area contributed by atoms with E-state index in [0.717, 1.165) is 10.7 Å². The summed E-state index contributed by atoms with van der Waals surface area (Å²) in [7, 11) is -1.46. The molecule has 1 aromatic heterocycles. The molecule has 1 heterocycles. The lowest BCUT2D eigenvalue weighted by atomic mass is 10.2. The Bertz CT molecular complexity index is 774. The number of nitrogens with zero attached hydrogens (tertiary/aromatic N) is 3. The lowest BCUT2D eigenvalue weighted by Gasteiger charge is -2.15. The molecule has 0 aliphatic carbocycles. The molecule has 0 saturated heterocycles. The monoisotopic (exact) mass is 335 g/mol. The minimum atomic E-state index is -3.34. The van der Waals surface area contributed by atoms with Crippen LogP contribution in [0.3, 0.4) is 0 Å². The van der Waals surface area contributed by atoms with Gasteiger partial charge in [-0.3, -0.25) is 4.90 Å². The minimum Gasteiger partial charge on any atom is -0.299 e. The fourth-order valence-electron chi connectivity index (χ4n) is 1.97. The van der Waals surface area contributed by atoms with Gasteiger partial charge in [-0.25, -0.2) is 13.4 Å². The van der Waals surface area contributed by atoms with Gasteiger partial charge in [-0.05, 0) is 38.2 Å². The molecule has 0 saturated carbocycles. The number of aromatic nitrogens is 1. The molecule has 0 aliphatic rings. The van der Waals surface area contributed by atoms with Gasteiger partial charge in [0.25, 0.3) is 0 Å². The Balaban J connectivity index is 1.95. The zero-order chi connectivity index (χ0) is 16.2. The van der Waals surface area contributed by atoms with Crippen LogP contribution in [0, 0.1) is 18.3 Å². The molecule has 22 heavy (non-hydrogen) atoms. The Hall–Kier alpha value is -1.75. The van der Waals surface area contributed by atoms with Crippen molar-refractivity contribution < 1.29 is 8.42 Å². The Morgan fingerprint density at radius 1 is 1.32 bits per heavy atom. The second kappa shape index (κ2) is 7.01. The predicted molar refractivity (Wildman–Crippen MR) is 86.4 cm³/mol. The van der Waals surface area contributed by atoms with Crippen molar-refractivity contribution in [3.8, 4) is 6.07 Å². The van der Waals surface area contributed by atoms with E-state index in [1.54, 1.807) is 11.3 Å². The van der Waals surface area contributed by atoms with E-state index in [2.05, 4.69) is 4.98 Å². The van der Waals surface area contributed by atoms with Crippen molar-refractivity contribution in [3.63, 3.8) is 0 Å². The molecule has 7 heteroatoms. The Kier molecular flexibility index (Phi) is 5.29. The number of nitriles is 1. The van der Waals surface area contributed by atoms with Crippen LogP contribution in [-0.4, -0.2) is 37.6 Å². The van der Waals surface area contributed by atoms with Gasteiger partial charge in [-0.15, -0.1) is 11.3 Å². The Labute approximate surface area is 134 Å². The van der Waals surface area contributed by atoms with E-state index in [1.165, 1.54) is 24.3 Å². The summed E-state index contributed by atoms with van der Waals surface area (Å²) in [6.45, 7) is 3.01. The third kappa shape index (κ3) is 4.37. The zero-order valence-corrected chi connectivity index (χ0v) is 14.1. The average Bonchev–Trinajstić information content (AvgIpc) is 2.90. The second-order valence-electron chi connectivity index (χ2n) is 5.05. The van der Waals surface area contributed by atoms with Crippen LogP contribution in [0.5, 0.6) is 0 Å². The van der Waals surface area contributed by atoms with Gasteiger partial charge in [0, 0.05) is 18.5 Å². The van der Waals surface area contributed by atoms with Gasteiger partial charge in [-0.1, -0.05) is 0 Å². The van der Waals surface area contributed by atoms with Crippen LogP contribution in [0.15, 0.2) is 34.5 Å². The van der Waals surface area contributed by atoms with Crippen LogP contribution in [0.4, 0.5) is 0 Å². The molecule has 0 bridgehead atoms. The van der Waals surface area contributed by atoms with E-state index >= 15 is 0 Å². The molecule has 116 valence electrons. The summed E-state index contributed by atoms with van der Waals surface area (Å²) in [6.07, 6.45) is 0. The first-order chi connectivity index (χ1) is 10.4. The lowest BCUT2D eigenvalue weighted by Crippen LogP contribution is -2.25. The molecule has 5 nitrogen and oxygen atoms in total. The number of thiazole rings is 1. The van der Waals surface area contributed by atoms with Crippen molar-refractivity contribution in [3.05, 3.63) is 45.9 Å². The number of benzene rings is 1. The molecule has 0 atom stereocenters. The highest BCUT2D eigenvalue weighted by Gasteiger charge is 2.15. The maximum atomic E-state index is 12.3. The van der Waals surface area contributed by atoms with E-state index in [9.17, 15) is 8.42 Å². The van der Waals surface area contributed by atoms with Gasteiger partial charge in [-0.2, -0.15) is 5.26 Å². The topological polar surface area (TPSA) is 74.1 Å². The molecule has 1 aromatic carbocycles. The van der Waals surface area contributed by atoms with Crippen molar-refractivity contribution in [2.45, 2.75) is 18.4 Å². The van der Waals surface area contributed by atoms with Gasteiger partial charge < -0.3 is 0 Å². The summed E-state index contributed by atoms with van der Waals surface area (Å²) in [4.78, 5) is 6.56. The number of aryl methyl sites for hydroxylation is 1. The molecule has 0 spiro atoms. The third-order valence-electron chi connectivity index (χ3n) is 3.18. The van der Waals surface area contributed by atoms with Crippen molar-refractivity contribution in [1.82, 2.24) is 9.88 Å². The molecule has 0 amide bonds. The Morgan fingerprint density at radius 2 is 2.00 bits per heavy atom. The maximum absolute atomic E-state index is 12.3. The number of hydrogen-bond acceptors (Lipinski definition) is 6. The molecular weight excluding hydrogens is 318 g/mol. The second-order valence-corrected chi connectivity index (χ2v) is 8.22. The van der Waals surface area contributed by atoms with Crippen LogP contribution in [0.1, 0.15) is 16.3 Å². The maximum Gasteiger partial charge on any atom is 0.179 e. The quantitative estimate of drug-likeness (QED) is 0.809. The fourth-order valence-corrected chi connectivity index (χ4v) is 3.91. The largest absolute Gasteiger partial charge is 0.299 e. The SMILES string of the molecule is Cc1nc(CN(C)CCS(=O)(=O)c2ccc(C#N)cc2)cs1. The van der Waals surface area contributed by atoms with Gasteiger partial charge in [0.2, 0.25) is 0 Å². The van der Waals surface area contributed by atoms with Crippen LogP contribution >= 0.6 is 11.3 Å². The lowest BCUT2D eigenvalue weighted by molar-refractivity contribution is 0.342. The zero-order valence-electron chi connectivity index (χ0n) is 12.5. The molecule has 0 radical (unpaired) electrons.